The van der Waals surface area contributed by atoms with Crippen LogP contribution in [0.4, 0.5) is 11.4 Å². The van der Waals surface area contributed by atoms with Crippen LogP contribution in [0.25, 0.3) is 0 Å². The van der Waals surface area contributed by atoms with Gasteiger partial charge in [-0.15, -0.1) is 0 Å². The zero-order chi connectivity index (χ0) is 19.7. The molecule has 0 aromatic heterocycles. The molecule has 2 aromatic carbocycles. The van der Waals surface area contributed by atoms with Gasteiger partial charge in [-0.05, 0) is 31.2 Å². The van der Waals surface area contributed by atoms with Gasteiger partial charge in [-0.1, -0.05) is 23.2 Å². The Kier molecular flexibility index (Phi) is 5.12. The molecule has 0 saturated carbocycles. The molecule has 0 unspecified atom stereocenters. The SMILES string of the molecule is CC1=C(Nc2ccc(O)cc2Cl)C(O)=CC(=O)C1=Nc1ccc(O)cc1Cl. The Morgan fingerprint density at radius 1 is 0.963 bits per heavy atom. The Morgan fingerprint density at radius 2 is 1.59 bits per heavy atom. The number of anilines is 1. The van der Waals surface area contributed by atoms with Crippen LogP contribution in [0.5, 0.6) is 11.5 Å². The molecule has 0 fully saturated rings. The molecule has 0 saturated heterocycles. The maximum Gasteiger partial charge on any atom is 0.208 e. The summed E-state index contributed by atoms with van der Waals surface area (Å²) in [6.45, 7) is 1.62. The van der Waals surface area contributed by atoms with Crippen LogP contribution in [0.1, 0.15) is 6.92 Å². The fraction of sp³-hybridized carbons (Fsp3) is 0.0526. The van der Waals surface area contributed by atoms with Gasteiger partial charge in [-0.3, -0.25) is 4.79 Å². The zero-order valence-electron chi connectivity index (χ0n) is 14.0. The van der Waals surface area contributed by atoms with Crippen molar-refractivity contribution in [3.05, 3.63) is 69.5 Å². The van der Waals surface area contributed by atoms with Gasteiger partial charge in [0.25, 0.3) is 0 Å². The number of ketones is 1. The minimum atomic E-state index is -0.489. The van der Waals surface area contributed by atoms with Crippen molar-refractivity contribution in [2.75, 3.05) is 5.32 Å². The van der Waals surface area contributed by atoms with Crippen molar-refractivity contribution in [1.82, 2.24) is 0 Å². The smallest absolute Gasteiger partial charge is 0.208 e. The molecule has 4 N–H and O–H groups in total. The van der Waals surface area contributed by atoms with Crippen LogP contribution in [0, 0.1) is 0 Å². The molecule has 6 nitrogen and oxygen atoms in total. The van der Waals surface area contributed by atoms with E-state index in [1.807, 2.05) is 0 Å². The number of carbonyl (C=O) groups is 1. The van der Waals surface area contributed by atoms with Crippen LogP contribution < -0.4 is 5.32 Å². The van der Waals surface area contributed by atoms with Crippen LogP contribution in [0.15, 0.2) is 64.5 Å². The number of carbonyl (C=O) groups excluding carboxylic acids is 1. The lowest BCUT2D eigenvalue weighted by molar-refractivity contribution is -0.109. The predicted octanol–water partition coefficient (Wildman–Crippen LogP) is 4.89. The van der Waals surface area contributed by atoms with Crippen molar-refractivity contribution in [2.24, 2.45) is 4.99 Å². The van der Waals surface area contributed by atoms with Crippen molar-refractivity contribution < 1.29 is 20.1 Å². The highest BCUT2D eigenvalue weighted by molar-refractivity contribution is 6.51. The van der Waals surface area contributed by atoms with E-state index in [0.29, 0.717) is 16.9 Å². The van der Waals surface area contributed by atoms with Crippen molar-refractivity contribution in [3.8, 4) is 11.5 Å². The van der Waals surface area contributed by atoms with E-state index < -0.39 is 5.78 Å². The summed E-state index contributed by atoms with van der Waals surface area (Å²) in [6, 6.07) is 8.52. The number of allylic oxidation sites excluding steroid dienone is 2. The van der Waals surface area contributed by atoms with E-state index in [-0.39, 0.29) is 38.7 Å². The molecule has 2 aromatic rings. The number of nitrogens with zero attached hydrogens (tertiary/aromatic N) is 1. The molecule has 0 spiro atoms. The molecule has 1 aliphatic rings. The first-order valence-corrected chi connectivity index (χ1v) is 8.51. The first-order valence-electron chi connectivity index (χ1n) is 7.75. The summed E-state index contributed by atoms with van der Waals surface area (Å²) in [4.78, 5) is 16.6. The van der Waals surface area contributed by atoms with Gasteiger partial charge in [0.1, 0.15) is 23.0 Å². The maximum absolute atomic E-state index is 12.3. The number of rotatable bonds is 3. The van der Waals surface area contributed by atoms with Crippen LogP contribution in [-0.2, 0) is 4.79 Å². The number of hydrogen-bond donors (Lipinski definition) is 4. The molecule has 27 heavy (non-hydrogen) atoms. The fourth-order valence-electron chi connectivity index (χ4n) is 2.50. The van der Waals surface area contributed by atoms with E-state index in [2.05, 4.69) is 10.3 Å². The minimum absolute atomic E-state index is 0.000869. The van der Waals surface area contributed by atoms with Gasteiger partial charge >= 0.3 is 0 Å². The number of aliphatic imine (C=N–C) groups is 1. The first kappa shape index (κ1) is 18.8. The third kappa shape index (κ3) is 3.92. The lowest BCUT2D eigenvalue weighted by atomic mass is 9.98. The van der Waals surface area contributed by atoms with Crippen LogP contribution in [0.3, 0.4) is 0 Å². The highest BCUT2D eigenvalue weighted by atomic mass is 35.5. The van der Waals surface area contributed by atoms with E-state index in [0.717, 1.165) is 6.08 Å². The molecule has 0 atom stereocenters. The second-order valence-electron chi connectivity index (χ2n) is 5.78. The quantitative estimate of drug-likeness (QED) is 0.430. The topological polar surface area (TPSA) is 102 Å². The van der Waals surface area contributed by atoms with Gasteiger partial charge in [0.15, 0.2) is 0 Å². The Bertz CT molecular complexity index is 1040. The number of halogens is 2. The Morgan fingerprint density at radius 3 is 2.22 bits per heavy atom. The zero-order valence-corrected chi connectivity index (χ0v) is 15.5. The maximum atomic E-state index is 12.3. The summed E-state index contributed by atoms with van der Waals surface area (Å²) in [5, 5.41) is 32.5. The molecule has 1 aliphatic carbocycles. The largest absolute Gasteiger partial charge is 0.508 e. The van der Waals surface area contributed by atoms with Crippen molar-refractivity contribution in [1.29, 1.82) is 0 Å². The molecule has 138 valence electrons. The summed E-state index contributed by atoms with van der Waals surface area (Å²) in [7, 11) is 0. The minimum Gasteiger partial charge on any atom is -0.508 e. The molecule has 0 bridgehead atoms. The summed E-state index contributed by atoms with van der Waals surface area (Å²) in [5.41, 5.74) is 1.44. The normalized spacial score (nSPS) is 15.9. The summed E-state index contributed by atoms with van der Waals surface area (Å²) < 4.78 is 0. The second kappa shape index (κ2) is 7.34. The Labute approximate surface area is 164 Å². The standard InChI is InChI=1S/C19H14Cl2N2O4/c1-9-18(22-14-4-2-10(24)6-12(14)20)16(26)8-17(27)19(9)23-15-5-3-11(25)7-13(15)21/h2-8,22,24-26H,1H3. The molecule has 0 aliphatic heterocycles. The highest BCUT2D eigenvalue weighted by Gasteiger charge is 2.25. The van der Waals surface area contributed by atoms with Gasteiger partial charge in [-0.2, -0.15) is 0 Å². The third-order valence-electron chi connectivity index (χ3n) is 3.86. The van der Waals surface area contributed by atoms with Gasteiger partial charge < -0.3 is 20.6 Å². The molecule has 0 radical (unpaired) electrons. The number of aliphatic hydroxyl groups excluding tert-OH is 1. The van der Waals surface area contributed by atoms with Crippen molar-refractivity contribution >= 4 is 46.1 Å². The Hall–Kier alpha value is -2.96. The van der Waals surface area contributed by atoms with Crippen LogP contribution in [0.2, 0.25) is 10.0 Å². The van der Waals surface area contributed by atoms with Gasteiger partial charge in [-0.25, -0.2) is 4.99 Å². The molecule has 0 heterocycles. The van der Waals surface area contributed by atoms with Crippen LogP contribution >= 0.6 is 23.2 Å². The van der Waals surface area contributed by atoms with Gasteiger partial charge in [0, 0.05) is 23.8 Å². The van der Waals surface area contributed by atoms with Crippen molar-refractivity contribution in [2.45, 2.75) is 6.92 Å². The number of phenolic OH excluding ortho intramolecular Hbond substituents is 2. The molecule has 8 heteroatoms. The van der Waals surface area contributed by atoms with E-state index in [1.54, 1.807) is 6.92 Å². The summed E-state index contributed by atoms with van der Waals surface area (Å²) in [5.74, 6) is -0.777. The molecule has 0 amide bonds. The third-order valence-corrected chi connectivity index (χ3v) is 4.48. The number of benzene rings is 2. The summed E-state index contributed by atoms with van der Waals surface area (Å²) >= 11 is 12.1. The fourth-order valence-corrected chi connectivity index (χ4v) is 2.94. The van der Waals surface area contributed by atoms with Gasteiger partial charge in [0.2, 0.25) is 5.78 Å². The number of hydrogen-bond acceptors (Lipinski definition) is 6. The number of phenols is 2. The first-order chi connectivity index (χ1) is 12.8. The van der Waals surface area contributed by atoms with Crippen molar-refractivity contribution in [3.63, 3.8) is 0 Å². The number of aromatic hydroxyl groups is 2. The molecule has 3 rings (SSSR count). The van der Waals surface area contributed by atoms with E-state index in [1.165, 1.54) is 36.4 Å². The lowest BCUT2D eigenvalue weighted by Gasteiger charge is -2.19. The average Bonchev–Trinajstić information content (AvgIpc) is 2.58. The predicted molar refractivity (Wildman–Crippen MR) is 105 cm³/mol. The summed E-state index contributed by atoms with van der Waals surface area (Å²) in [6.07, 6.45) is 1.04. The second-order valence-corrected chi connectivity index (χ2v) is 6.59. The monoisotopic (exact) mass is 404 g/mol. The number of nitrogens with one attached hydrogen (secondary N) is 1. The van der Waals surface area contributed by atoms with E-state index in [9.17, 15) is 20.1 Å². The van der Waals surface area contributed by atoms with E-state index in [4.69, 9.17) is 23.2 Å². The van der Waals surface area contributed by atoms with Crippen LogP contribution in [-0.4, -0.2) is 26.8 Å². The average molecular weight is 405 g/mol. The Balaban J connectivity index is 2.05. The lowest BCUT2D eigenvalue weighted by Crippen LogP contribution is -2.23. The van der Waals surface area contributed by atoms with E-state index >= 15 is 0 Å². The van der Waals surface area contributed by atoms with Gasteiger partial charge in [0.05, 0.1) is 27.1 Å². The molecular weight excluding hydrogens is 391 g/mol. The number of aliphatic hydroxyl groups is 1. The molecular formula is C19H14Cl2N2O4. The highest BCUT2D eigenvalue weighted by Crippen LogP contribution is 2.32.